The van der Waals surface area contributed by atoms with Crippen molar-refractivity contribution in [2.45, 2.75) is 19.8 Å². The maximum Gasteiger partial charge on any atom is 0.144 e. The molecule has 3 N–H and O–H groups in total. The number of hydrogen-bond donors (Lipinski definition) is 2. The topological polar surface area (TPSA) is 50.9 Å². The minimum Gasteiger partial charge on any atom is -0.308 e. The Balaban J connectivity index is 2.29. The monoisotopic (exact) mass is 277 g/mol. The normalized spacial score (nSPS) is 11.0. The van der Waals surface area contributed by atoms with Crippen LogP contribution in [0.15, 0.2) is 54.6 Å². The van der Waals surface area contributed by atoms with Crippen LogP contribution in [-0.2, 0) is 0 Å². The molecule has 0 spiro atoms. The van der Waals surface area contributed by atoms with Crippen LogP contribution >= 0.6 is 0 Å². The number of benzene rings is 2. The summed E-state index contributed by atoms with van der Waals surface area (Å²) in [5.41, 5.74) is 7.13. The SMILES string of the molecule is CC(C)c1cc2cccc(-c3ccccc3)c2nc1NN. The number of pyridine rings is 1. The van der Waals surface area contributed by atoms with Crippen molar-refractivity contribution < 1.29 is 0 Å². The molecule has 0 amide bonds. The first kappa shape index (κ1) is 13.6. The second-order valence-electron chi connectivity index (χ2n) is 5.47. The zero-order valence-electron chi connectivity index (χ0n) is 12.3. The summed E-state index contributed by atoms with van der Waals surface area (Å²) in [6.07, 6.45) is 0. The van der Waals surface area contributed by atoms with Crippen LogP contribution < -0.4 is 11.3 Å². The first-order valence-corrected chi connectivity index (χ1v) is 7.16. The molecule has 0 unspecified atom stereocenters. The second-order valence-corrected chi connectivity index (χ2v) is 5.47. The van der Waals surface area contributed by atoms with Gasteiger partial charge >= 0.3 is 0 Å². The number of fused-ring (bicyclic) bond motifs is 1. The molecule has 1 heterocycles. The second kappa shape index (κ2) is 5.54. The maximum absolute atomic E-state index is 5.66. The van der Waals surface area contributed by atoms with Gasteiger partial charge in [0.2, 0.25) is 0 Å². The Labute approximate surface area is 124 Å². The van der Waals surface area contributed by atoms with Crippen molar-refractivity contribution in [1.29, 1.82) is 0 Å². The van der Waals surface area contributed by atoms with Crippen molar-refractivity contribution in [3.63, 3.8) is 0 Å². The van der Waals surface area contributed by atoms with E-state index in [4.69, 9.17) is 10.8 Å². The van der Waals surface area contributed by atoms with Crippen LogP contribution in [0.4, 0.5) is 5.82 Å². The number of nitrogens with one attached hydrogen (secondary N) is 1. The van der Waals surface area contributed by atoms with Crippen LogP contribution in [-0.4, -0.2) is 4.98 Å². The van der Waals surface area contributed by atoms with Gasteiger partial charge in [0.25, 0.3) is 0 Å². The van der Waals surface area contributed by atoms with Crippen LogP contribution in [0.5, 0.6) is 0 Å². The molecule has 3 rings (SSSR count). The van der Waals surface area contributed by atoms with Crippen LogP contribution in [0.3, 0.4) is 0 Å². The molecule has 0 aliphatic carbocycles. The van der Waals surface area contributed by atoms with E-state index in [0.717, 1.165) is 33.4 Å². The summed E-state index contributed by atoms with van der Waals surface area (Å²) in [7, 11) is 0. The van der Waals surface area contributed by atoms with Crippen LogP contribution in [0.25, 0.3) is 22.0 Å². The van der Waals surface area contributed by atoms with Crippen molar-refractivity contribution in [1.82, 2.24) is 4.98 Å². The molecule has 106 valence electrons. The molecule has 3 heteroatoms. The van der Waals surface area contributed by atoms with Gasteiger partial charge in [-0.15, -0.1) is 0 Å². The summed E-state index contributed by atoms with van der Waals surface area (Å²) >= 11 is 0. The molecule has 21 heavy (non-hydrogen) atoms. The van der Waals surface area contributed by atoms with Crippen LogP contribution in [0.2, 0.25) is 0 Å². The van der Waals surface area contributed by atoms with E-state index in [1.54, 1.807) is 0 Å². The molecular weight excluding hydrogens is 258 g/mol. The number of aromatic nitrogens is 1. The molecule has 0 saturated carbocycles. The highest BCUT2D eigenvalue weighted by Crippen LogP contribution is 2.32. The lowest BCUT2D eigenvalue weighted by Crippen LogP contribution is -2.12. The largest absolute Gasteiger partial charge is 0.308 e. The van der Waals surface area contributed by atoms with Gasteiger partial charge in [0.15, 0.2) is 0 Å². The van der Waals surface area contributed by atoms with Crippen molar-refractivity contribution >= 4 is 16.7 Å². The Morgan fingerprint density at radius 1 is 1.00 bits per heavy atom. The molecule has 0 bridgehead atoms. The molecule has 1 aromatic heterocycles. The third kappa shape index (κ3) is 2.48. The highest BCUT2D eigenvalue weighted by molar-refractivity contribution is 5.95. The quantitative estimate of drug-likeness (QED) is 0.554. The Morgan fingerprint density at radius 3 is 2.43 bits per heavy atom. The van der Waals surface area contributed by atoms with Crippen molar-refractivity contribution in [2.24, 2.45) is 5.84 Å². The van der Waals surface area contributed by atoms with Gasteiger partial charge < -0.3 is 5.43 Å². The number of hydrazine groups is 1. The number of hydrogen-bond acceptors (Lipinski definition) is 3. The minimum absolute atomic E-state index is 0.369. The van der Waals surface area contributed by atoms with E-state index >= 15 is 0 Å². The number of nitrogen functional groups attached to an aromatic ring is 1. The van der Waals surface area contributed by atoms with Gasteiger partial charge in [-0.1, -0.05) is 62.4 Å². The highest BCUT2D eigenvalue weighted by atomic mass is 15.2. The molecule has 0 aliphatic heterocycles. The van der Waals surface area contributed by atoms with Crippen LogP contribution in [0, 0.1) is 0 Å². The van der Waals surface area contributed by atoms with Crippen molar-refractivity contribution in [3.8, 4) is 11.1 Å². The first-order chi connectivity index (χ1) is 10.2. The minimum atomic E-state index is 0.369. The van der Waals surface area contributed by atoms with E-state index in [0.29, 0.717) is 5.92 Å². The van der Waals surface area contributed by atoms with E-state index in [2.05, 4.69) is 55.7 Å². The number of rotatable bonds is 3. The first-order valence-electron chi connectivity index (χ1n) is 7.16. The molecule has 0 aliphatic rings. The predicted octanol–water partition coefficient (Wildman–Crippen LogP) is 4.31. The fourth-order valence-electron chi connectivity index (χ4n) is 2.62. The summed E-state index contributed by atoms with van der Waals surface area (Å²) in [6.45, 7) is 4.29. The van der Waals surface area contributed by atoms with Crippen molar-refractivity contribution in [3.05, 3.63) is 60.2 Å². The summed E-state index contributed by atoms with van der Waals surface area (Å²) in [6, 6.07) is 18.7. The molecule has 0 fully saturated rings. The molecule has 2 aromatic carbocycles. The number of nitrogens with two attached hydrogens (primary N) is 1. The summed E-state index contributed by atoms with van der Waals surface area (Å²) < 4.78 is 0. The average molecular weight is 277 g/mol. The molecule has 0 atom stereocenters. The Morgan fingerprint density at radius 2 is 1.76 bits per heavy atom. The Kier molecular flexibility index (Phi) is 3.59. The van der Waals surface area contributed by atoms with E-state index in [1.807, 2.05) is 18.2 Å². The number of nitrogens with zero attached hydrogens (tertiary/aromatic N) is 1. The summed E-state index contributed by atoms with van der Waals surface area (Å²) in [5.74, 6) is 6.78. The molecule has 0 radical (unpaired) electrons. The van der Waals surface area contributed by atoms with E-state index in [1.165, 1.54) is 0 Å². The van der Waals surface area contributed by atoms with Gasteiger partial charge in [-0.25, -0.2) is 10.8 Å². The third-order valence-corrected chi connectivity index (χ3v) is 3.72. The molecular formula is C18H19N3. The summed E-state index contributed by atoms with van der Waals surface area (Å²) in [5, 5.41) is 1.14. The predicted molar refractivity (Wildman–Crippen MR) is 89.1 cm³/mol. The lowest BCUT2D eigenvalue weighted by Gasteiger charge is -2.14. The van der Waals surface area contributed by atoms with E-state index in [-0.39, 0.29) is 0 Å². The number of para-hydroxylation sites is 1. The maximum atomic E-state index is 5.66. The van der Waals surface area contributed by atoms with E-state index < -0.39 is 0 Å². The Bertz CT molecular complexity index is 764. The van der Waals surface area contributed by atoms with Gasteiger partial charge in [0.1, 0.15) is 5.82 Å². The van der Waals surface area contributed by atoms with Gasteiger partial charge in [-0.3, -0.25) is 0 Å². The molecule has 3 aromatic rings. The van der Waals surface area contributed by atoms with Gasteiger partial charge in [0, 0.05) is 10.9 Å². The fraction of sp³-hybridized carbons (Fsp3) is 0.167. The third-order valence-electron chi connectivity index (χ3n) is 3.72. The van der Waals surface area contributed by atoms with Crippen LogP contribution in [0.1, 0.15) is 25.3 Å². The van der Waals surface area contributed by atoms with Crippen molar-refractivity contribution in [2.75, 3.05) is 5.43 Å². The number of anilines is 1. The van der Waals surface area contributed by atoms with Gasteiger partial charge in [-0.2, -0.15) is 0 Å². The highest BCUT2D eigenvalue weighted by Gasteiger charge is 2.12. The summed E-state index contributed by atoms with van der Waals surface area (Å²) in [4.78, 5) is 4.76. The smallest absolute Gasteiger partial charge is 0.144 e. The fourth-order valence-corrected chi connectivity index (χ4v) is 2.62. The zero-order chi connectivity index (χ0) is 14.8. The molecule has 3 nitrogen and oxygen atoms in total. The lowest BCUT2D eigenvalue weighted by molar-refractivity contribution is 0.862. The van der Waals surface area contributed by atoms with Gasteiger partial charge in [-0.05, 0) is 23.1 Å². The molecule has 0 saturated heterocycles. The average Bonchev–Trinajstić information content (AvgIpc) is 2.53. The zero-order valence-corrected chi connectivity index (χ0v) is 12.3. The Hall–Kier alpha value is -2.39. The standard InChI is InChI=1S/C18H19N3/c1-12(2)16-11-14-9-6-10-15(13-7-4-3-5-8-13)17(14)20-18(16)21-19/h3-12H,19H2,1-2H3,(H,20,21). The lowest BCUT2D eigenvalue weighted by atomic mass is 9.98. The van der Waals surface area contributed by atoms with Gasteiger partial charge in [0.05, 0.1) is 5.52 Å². The van der Waals surface area contributed by atoms with E-state index in [9.17, 15) is 0 Å².